The van der Waals surface area contributed by atoms with Crippen molar-refractivity contribution in [2.24, 2.45) is 0 Å². The van der Waals surface area contributed by atoms with Crippen molar-refractivity contribution in [2.45, 2.75) is 25.5 Å². The number of nitrogens with one attached hydrogen (secondary N) is 1. The Kier molecular flexibility index (Phi) is 3.99. The van der Waals surface area contributed by atoms with Crippen LogP contribution in [-0.4, -0.2) is 17.1 Å². The number of aryl methyl sites for hydroxylation is 1. The summed E-state index contributed by atoms with van der Waals surface area (Å²) in [6, 6.07) is 13.2. The minimum Gasteiger partial charge on any atom is -0.390 e. The minimum atomic E-state index is -0.561. The SMILES string of the molecule is Cc1cccc(C(=O)N[C@@H]2c3ccccc3C[C@@H]2O)c1I. The molecule has 2 aromatic rings. The summed E-state index contributed by atoms with van der Waals surface area (Å²) in [6.45, 7) is 1.98. The minimum absolute atomic E-state index is 0.135. The van der Waals surface area contributed by atoms with Gasteiger partial charge >= 0.3 is 0 Å². The van der Waals surface area contributed by atoms with Crippen LogP contribution < -0.4 is 5.32 Å². The fraction of sp³-hybridized carbons (Fsp3) is 0.235. The van der Waals surface area contributed by atoms with Gasteiger partial charge in [0, 0.05) is 9.99 Å². The molecular weight excluding hydrogens is 377 g/mol. The fourth-order valence-corrected chi connectivity index (χ4v) is 3.39. The third-order valence-electron chi connectivity index (χ3n) is 3.93. The number of fused-ring (bicyclic) bond motifs is 1. The maximum atomic E-state index is 12.5. The molecule has 0 aliphatic heterocycles. The summed E-state index contributed by atoms with van der Waals surface area (Å²) in [4.78, 5) is 12.5. The van der Waals surface area contributed by atoms with E-state index in [1.165, 1.54) is 0 Å². The van der Waals surface area contributed by atoms with E-state index in [1.807, 2.05) is 49.4 Å². The normalized spacial score (nSPS) is 20.1. The van der Waals surface area contributed by atoms with Crippen LogP contribution in [0.5, 0.6) is 0 Å². The van der Waals surface area contributed by atoms with Gasteiger partial charge in [-0.05, 0) is 52.3 Å². The first-order valence-electron chi connectivity index (χ1n) is 6.90. The molecule has 2 atom stereocenters. The highest BCUT2D eigenvalue weighted by molar-refractivity contribution is 14.1. The van der Waals surface area contributed by atoms with Crippen molar-refractivity contribution in [3.63, 3.8) is 0 Å². The highest BCUT2D eigenvalue weighted by Crippen LogP contribution is 2.31. The molecule has 1 amide bonds. The molecule has 108 valence electrons. The van der Waals surface area contributed by atoms with Gasteiger partial charge in [0.25, 0.3) is 5.91 Å². The Morgan fingerprint density at radius 3 is 2.81 bits per heavy atom. The molecule has 21 heavy (non-hydrogen) atoms. The lowest BCUT2D eigenvalue weighted by molar-refractivity contribution is 0.0857. The van der Waals surface area contributed by atoms with Crippen LogP contribution in [0.2, 0.25) is 0 Å². The molecule has 0 heterocycles. The van der Waals surface area contributed by atoms with Crippen LogP contribution in [0.15, 0.2) is 42.5 Å². The molecule has 0 saturated carbocycles. The Labute approximate surface area is 137 Å². The number of amides is 1. The van der Waals surface area contributed by atoms with Gasteiger partial charge in [-0.2, -0.15) is 0 Å². The average molecular weight is 393 g/mol. The topological polar surface area (TPSA) is 49.3 Å². The largest absolute Gasteiger partial charge is 0.390 e. The first kappa shape index (κ1) is 14.5. The van der Waals surface area contributed by atoms with Crippen molar-refractivity contribution in [2.75, 3.05) is 0 Å². The van der Waals surface area contributed by atoms with E-state index in [2.05, 4.69) is 27.9 Å². The second-order valence-corrected chi connectivity index (χ2v) is 6.44. The predicted octanol–water partition coefficient (Wildman–Crippen LogP) is 2.99. The highest BCUT2D eigenvalue weighted by atomic mass is 127. The first-order chi connectivity index (χ1) is 10.1. The van der Waals surface area contributed by atoms with Crippen LogP contribution in [0.3, 0.4) is 0 Å². The Balaban J connectivity index is 1.87. The zero-order valence-corrected chi connectivity index (χ0v) is 13.8. The van der Waals surface area contributed by atoms with E-state index >= 15 is 0 Å². The molecule has 0 saturated heterocycles. The quantitative estimate of drug-likeness (QED) is 0.771. The van der Waals surface area contributed by atoms with Crippen LogP contribution >= 0.6 is 22.6 Å². The van der Waals surface area contributed by atoms with Crippen LogP contribution in [0, 0.1) is 10.5 Å². The predicted molar refractivity (Wildman–Crippen MR) is 90.3 cm³/mol. The second-order valence-electron chi connectivity index (χ2n) is 5.36. The number of carbonyl (C=O) groups is 1. The molecule has 3 nitrogen and oxygen atoms in total. The first-order valence-corrected chi connectivity index (χ1v) is 7.97. The van der Waals surface area contributed by atoms with E-state index in [0.29, 0.717) is 12.0 Å². The third kappa shape index (κ3) is 2.70. The molecule has 4 heteroatoms. The van der Waals surface area contributed by atoms with Crippen molar-refractivity contribution >= 4 is 28.5 Å². The van der Waals surface area contributed by atoms with Gasteiger partial charge in [0.05, 0.1) is 17.7 Å². The maximum absolute atomic E-state index is 12.5. The van der Waals surface area contributed by atoms with Crippen LogP contribution in [-0.2, 0) is 6.42 Å². The van der Waals surface area contributed by atoms with E-state index in [4.69, 9.17) is 0 Å². The van der Waals surface area contributed by atoms with Crippen molar-refractivity contribution in [3.8, 4) is 0 Å². The van der Waals surface area contributed by atoms with Crippen LogP contribution in [0.1, 0.15) is 33.1 Å². The number of benzene rings is 2. The highest BCUT2D eigenvalue weighted by Gasteiger charge is 2.32. The second kappa shape index (κ2) is 5.77. The van der Waals surface area contributed by atoms with Gasteiger partial charge in [-0.15, -0.1) is 0 Å². The number of aliphatic hydroxyl groups is 1. The van der Waals surface area contributed by atoms with Gasteiger partial charge in [0.2, 0.25) is 0 Å². The zero-order valence-electron chi connectivity index (χ0n) is 11.6. The average Bonchev–Trinajstić information content (AvgIpc) is 2.78. The van der Waals surface area contributed by atoms with Gasteiger partial charge in [-0.1, -0.05) is 36.4 Å². The lowest BCUT2D eigenvalue weighted by Gasteiger charge is -2.18. The lowest BCUT2D eigenvalue weighted by atomic mass is 10.1. The van der Waals surface area contributed by atoms with Crippen molar-refractivity contribution in [3.05, 3.63) is 68.3 Å². The molecule has 0 bridgehead atoms. The lowest BCUT2D eigenvalue weighted by Crippen LogP contribution is -2.34. The Hall–Kier alpha value is -1.40. The summed E-state index contributed by atoms with van der Waals surface area (Å²) in [7, 11) is 0. The summed E-state index contributed by atoms with van der Waals surface area (Å²) in [5.74, 6) is -0.135. The Morgan fingerprint density at radius 1 is 1.24 bits per heavy atom. The third-order valence-corrected chi connectivity index (χ3v) is 5.36. The molecule has 2 N–H and O–H groups in total. The summed E-state index contributed by atoms with van der Waals surface area (Å²) < 4.78 is 0.952. The van der Waals surface area contributed by atoms with Gasteiger partial charge in [-0.3, -0.25) is 4.79 Å². The van der Waals surface area contributed by atoms with Crippen molar-refractivity contribution in [1.29, 1.82) is 0 Å². The summed E-state index contributed by atoms with van der Waals surface area (Å²) in [6.07, 6.45) is 0.0280. The number of rotatable bonds is 2. The van der Waals surface area contributed by atoms with Crippen molar-refractivity contribution < 1.29 is 9.90 Å². The molecule has 2 aromatic carbocycles. The maximum Gasteiger partial charge on any atom is 0.252 e. The number of hydrogen-bond acceptors (Lipinski definition) is 2. The number of hydrogen-bond donors (Lipinski definition) is 2. The molecule has 1 aliphatic carbocycles. The Morgan fingerprint density at radius 2 is 2.00 bits per heavy atom. The molecule has 0 unspecified atom stereocenters. The van der Waals surface area contributed by atoms with E-state index in [9.17, 15) is 9.90 Å². The van der Waals surface area contributed by atoms with Gasteiger partial charge in [0.15, 0.2) is 0 Å². The number of carbonyl (C=O) groups excluding carboxylic acids is 1. The van der Waals surface area contributed by atoms with Gasteiger partial charge in [0.1, 0.15) is 0 Å². The monoisotopic (exact) mass is 393 g/mol. The summed E-state index contributed by atoms with van der Waals surface area (Å²) >= 11 is 2.19. The van der Waals surface area contributed by atoms with E-state index in [1.54, 1.807) is 0 Å². The Bertz CT molecular complexity index is 699. The van der Waals surface area contributed by atoms with Crippen molar-refractivity contribution in [1.82, 2.24) is 5.32 Å². The summed E-state index contributed by atoms with van der Waals surface area (Å²) in [5, 5.41) is 13.2. The smallest absolute Gasteiger partial charge is 0.252 e. The molecule has 0 spiro atoms. The molecule has 3 rings (SSSR count). The molecular formula is C17H16INO2. The molecule has 0 aromatic heterocycles. The fourth-order valence-electron chi connectivity index (χ4n) is 2.79. The molecule has 1 aliphatic rings. The summed E-state index contributed by atoms with van der Waals surface area (Å²) in [5.41, 5.74) is 3.86. The van der Waals surface area contributed by atoms with E-state index in [0.717, 1.165) is 20.3 Å². The van der Waals surface area contributed by atoms with Crippen LogP contribution in [0.4, 0.5) is 0 Å². The van der Waals surface area contributed by atoms with E-state index in [-0.39, 0.29) is 11.9 Å². The number of aliphatic hydroxyl groups excluding tert-OH is 1. The van der Waals surface area contributed by atoms with Gasteiger partial charge in [-0.25, -0.2) is 0 Å². The van der Waals surface area contributed by atoms with E-state index < -0.39 is 6.10 Å². The van der Waals surface area contributed by atoms with Crippen LogP contribution in [0.25, 0.3) is 0 Å². The standard InChI is InChI=1S/C17H16INO2/c1-10-5-4-8-13(15(10)18)17(21)19-16-12-7-3-2-6-11(12)9-14(16)20/h2-8,14,16,20H,9H2,1H3,(H,19,21)/t14-,16+/m0/s1. The van der Waals surface area contributed by atoms with Gasteiger partial charge < -0.3 is 10.4 Å². The number of halogens is 1. The molecule has 0 fully saturated rings. The zero-order chi connectivity index (χ0) is 15.0. The molecule has 0 radical (unpaired) electrons.